The van der Waals surface area contributed by atoms with Crippen LogP contribution in [0.25, 0.3) is 0 Å². The topological polar surface area (TPSA) is 72.1 Å². The summed E-state index contributed by atoms with van der Waals surface area (Å²) in [6.07, 6.45) is 4.90. The first-order valence-electron chi connectivity index (χ1n) is 8.03. The first-order chi connectivity index (χ1) is 11.1. The highest BCUT2D eigenvalue weighted by Crippen LogP contribution is 2.02. The van der Waals surface area contributed by atoms with Crippen molar-refractivity contribution in [2.24, 2.45) is 4.99 Å². The summed E-state index contributed by atoms with van der Waals surface area (Å²) in [6, 6.07) is 2.10. The fraction of sp³-hybridized carbons (Fsp3) is 0.562. The second kappa shape index (κ2) is 8.36. The number of aliphatic imine (C=N–C) groups is 1. The van der Waals surface area contributed by atoms with Crippen molar-refractivity contribution in [2.45, 2.75) is 40.3 Å². The summed E-state index contributed by atoms with van der Waals surface area (Å²) in [7, 11) is 1.79. The van der Waals surface area contributed by atoms with Crippen LogP contribution in [-0.2, 0) is 13.1 Å². The SMILES string of the molecule is CN=C(NCCCn1nc(C)cc1C)NCCn1cc(C)cn1. The van der Waals surface area contributed by atoms with E-state index < -0.39 is 0 Å². The maximum absolute atomic E-state index is 4.47. The van der Waals surface area contributed by atoms with Crippen LogP contribution >= 0.6 is 0 Å². The molecule has 0 aliphatic rings. The molecule has 0 spiro atoms. The monoisotopic (exact) mass is 317 g/mol. The number of rotatable bonds is 7. The van der Waals surface area contributed by atoms with E-state index >= 15 is 0 Å². The van der Waals surface area contributed by atoms with Crippen molar-refractivity contribution in [2.75, 3.05) is 20.1 Å². The van der Waals surface area contributed by atoms with Crippen molar-refractivity contribution in [3.63, 3.8) is 0 Å². The van der Waals surface area contributed by atoms with Crippen LogP contribution in [-0.4, -0.2) is 45.7 Å². The molecule has 0 aliphatic carbocycles. The highest BCUT2D eigenvalue weighted by Gasteiger charge is 2.01. The Morgan fingerprint density at radius 3 is 2.57 bits per heavy atom. The van der Waals surface area contributed by atoms with Gasteiger partial charge in [0.25, 0.3) is 0 Å². The Kier molecular flexibility index (Phi) is 6.19. The van der Waals surface area contributed by atoms with Gasteiger partial charge in [-0.25, -0.2) is 0 Å². The van der Waals surface area contributed by atoms with Gasteiger partial charge in [0.1, 0.15) is 0 Å². The van der Waals surface area contributed by atoms with Crippen molar-refractivity contribution in [1.29, 1.82) is 0 Å². The number of aryl methyl sites for hydroxylation is 4. The van der Waals surface area contributed by atoms with Gasteiger partial charge in [-0.05, 0) is 38.8 Å². The zero-order valence-electron chi connectivity index (χ0n) is 14.5. The lowest BCUT2D eigenvalue weighted by Gasteiger charge is -2.12. The molecular formula is C16H27N7. The molecule has 0 saturated carbocycles. The van der Waals surface area contributed by atoms with Gasteiger partial charge in [0.15, 0.2) is 5.96 Å². The van der Waals surface area contributed by atoms with E-state index in [0.717, 1.165) is 44.3 Å². The van der Waals surface area contributed by atoms with Crippen molar-refractivity contribution >= 4 is 5.96 Å². The number of nitrogens with zero attached hydrogens (tertiary/aromatic N) is 5. The molecule has 0 saturated heterocycles. The summed E-state index contributed by atoms with van der Waals surface area (Å²) in [5.41, 5.74) is 3.46. The molecule has 7 heteroatoms. The predicted octanol–water partition coefficient (Wildman–Crippen LogP) is 1.26. The Bertz CT molecular complexity index is 639. The Morgan fingerprint density at radius 1 is 1.17 bits per heavy atom. The second-order valence-electron chi connectivity index (χ2n) is 5.71. The van der Waals surface area contributed by atoms with Crippen molar-refractivity contribution < 1.29 is 0 Å². The summed E-state index contributed by atoms with van der Waals surface area (Å²) < 4.78 is 3.98. The standard InChI is InChI=1S/C16H27N7/c1-13-11-20-22(12-13)9-7-19-16(17-4)18-6-5-8-23-15(3)10-14(2)21-23/h10-12H,5-9H2,1-4H3,(H2,17,18,19). The smallest absolute Gasteiger partial charge is 0.191 e. The van der Waals surface area contributed by atoms with E-state index in [9.17, 15) is 0 Å². The molecule has 2 aromatic rings. The van der Waals surface area contributed by atoms with E-state index in [4.69, 9.17) is 0 Å². The average Bonchev–Trinajstić information content (AvgIpc) is 3.07. The zero-order valence-corrected chi connectivity index (χ0v) is 14.5. The van der Waals surface area contributed by atoms with Gasteiger partial charge in [-0.1, -0.05) is 0 Å². The van der Waals surface area contributed by atoms with E-state index in [1.165, 1.54) is 11.3 Å². The fourth-order valence-electron chi connectivity index (χ4n) is 2.44. The molecule has 0 aromatic carbocycles. The summed E-state index contributed by atoms with van der Waals surface area (Å²) in [5.74, 6) is 0.822. The minimum atomic E-state index is 0.790. The van der Waals surface area contributed by atoms with Crippen LogP contribution in [0.3, 0.4) is 0 Å². The molecule has 23 heavy (non-hydrogen) atoms. The largest absolute Gasteiger partial charge is 0.356 e. The van der Waals surface area contributed by atoms with Crippen LogP contribution < -0.4 is 10.6 Å². The van der Waals surface area contributed by atoms with E-state index in [1.807, 2.05) is 35.6 Å². The maximum atomic E-state index is 4.47. The normalized spacial score (nSPS) is 11.7. The molecule has 0 amide bonds. The molecule has 0 unspecified atom stereocenters. The van der Waals surface area contributed by atoms with E-state index in [1.54, 1.807) is 7.05 Å². The molecule has 2 rings (SSSR count). The van der Waals surface area contributed by atoms with Gasteiger partial charge in [0, 0.05) is 38.6 Å². The van der Waals surface area contributed by atoms with Crippen LogP contribution in [0.1, 0.15) is 23.4 Å². The minimum absolute atomic E-state index is 0.790. The lowest BCUT2D eigenvalue weighted by Crippen LogP contribution is -2.39. The van der Waals surface area contributed by atoms with Crippen molar-refractivity contribution in [1.82, 2.24) is 30.2 Å². The first-order valence-corrected chi connectivity index (χ1v) is 8.03. The number of hydrogen-bond donors (Lipinski definition) is 2. The molecule has 126 valence electrons. The quantitative estimate of drug-likeness (QED) is 0.458. The molecule has 0 atom stereocenters. The molecule has 2 N–H and O–H groups in total. The van der Waals surface area contributed by atoms with E-state index in [0.29, 0.717) is 0 Å². The average molecular weight is 317 g/mol. The first kappa shape index (κ1) is 17.1. The summed E-state index contributed by atoms with van der Waals surface area (Å²) >= 11 is 0. The summed E-state index contributed by atoms with van der Waals surface area (Å²) in [4.78, 5) is 4.23. The Hall–Kier alpha value is -2.31. The Balaban J connectivity index is 1.64. The van der Waals surface area contributed by atoms with Crippen LogP contribution in [0.4, 0.5) is 0 Å². The third-order valence-corrected chi connectivity index (χ3v) is 3.56. The fourth-order valence-corrected chi connectivity index (χ4v) is 2.44. The molecule has 0 bridgehead atoms. The molecule has 0 radical (unpaired) electrons. The Morgan fingerprint density at radius 2 is 1.96 bits per heavy atom. The highest BCUT2D eigenvalue weighted by atomic mass is 15.3. The third kappa shape index (κ3) is 5.43. The molecule has 2 aromatic heterocycles. The Labute approximate surface area is 137 Å². The number of guanidine groups is 1. The summed E-state index contributed by atoms with van der Waals surface area (Å²) in [6.45, 7) is 9.54. The van der Waals surface area contributed by atoms with Gasteiger partial charge in [-0.15, -0.1) is 0 Å². The predicted molar refractivity (Wildman–Crippen MR) is 92.6 cm³/mol. The number of aromatic nitrogens is 4. The minimum Gasteiger partial charge on any atom is -0.356 e. The number of nitrogens with one attached hydrogen (secondary N) is 2. The van der Waals surface area contributed by atoms with Crippen LogP contribution in [0.15, 0.2) is 23.5 Å². The van der Waals surface area contributed by atoms with Crippen LogP contribution in [0.5, 0.6) is 0 Å². The molecule has 7 nitrogen and oxygen atoms in total. The molecule has 0 aliphatic heterocycles. The van der Waals surface area contributed by atoms with Crippen LogP contribution in [0.2, 0.25) is 0 Å². The number of hydrogen-bond acceptors (Lipinski definition) is 3. The third-order valence-electron chi connectivity index (χ3n) is 3.56. The van der Waals surface area contributed by atoms with Crippen LogP contribution in [0, 0.1) is 20.8 Å². The van der Waals surface area contributed by atoms with Gasteiger partial charge in [-0.3, -0.25) is 14.4 Å². The summed E-state index contributed by atoms with van der Waals surface area (Å²) in [5, 5.41) is 15.4. The lowest BCUT2D eigenvalue weighted by molar-refractivity contribution is 0.552. The van der Waals surface area contributed by atoms with Gasteiger partial charge in [0.2, 0.25) is 0 Å². The molecule has 0 fully saturated rings. The molecule has 2 heterocycles. The van der Waals surface area contributed by atoms with Gasteiger partial charge in [-0.2, -0.15) is 10.2 Å². The van der Waals surface area contributed by atoms with E-state index in [-0.39, 0.29) is 0 Å². The van der Waals surface area contributed by atoms with Gasteiger partial charge < -0.3 is 10.6 Å². The van der Waals surface area contributed by atoms with Crippen molar-refractivity contribution in [3.05, 3.63) is 35.4 Å². The van der Waals surface area contributed by atoms with Crippen molar-refractivity contribution in [3.8, 4) is 0 Å². The maximum Gasteiger partial charge on any atom is 0.191 e. The highest BCUT2D eigenvalue weighted by molar-refractivity contribution is 5.79. The van der Waals surface area contributed by atoms with Gasteiger partial charge >= 0.3 is 0 Å². The lowest BCUT2D eigenvalue weighted by atomic mass is 10.4. The second-order valence-corrected chi connectivity index (χ2v) is 5.71. The zero-order chi connectivity index (χ0) is 16.7. The van der Waals surface area contributed by atoms with Gasteiger partial charge in [0.05, 0.1) is 18.4 Å². The molecular weight excluding hydrogens is 290 g/mol. The van der Waals surface area contributed by atoms with E-state index in [2.05, 4.69) is 38.8 Å².